The van der Waals surface area contributed by atoms with Crippen LogP contribution in [-0.4, -0.2) is 29.1 Å². The molecule has 8 rings (SSSR count). The molecule has 0 radical (unpaired) electrons. The lowest BCUT2D eigenvalue weighted by Gasteiger charge is -2.16. The van der Waals surface area contributed by atoms with Gasteiger partial charge >= 0.3 is 0 Å². The molecule has 6 aromatic heterocycles. The minimum atomic E-state index is 0.613. The van der Waals surface area contributed by atoms with Crippen molar-refractivity contribution >= 4 is 55.2 Å². The molecule has 0 bridgehead atoms. The first kappa shape index (κ1) is 22.2. The van der Waals surface area contributed by atoms with Gasteiger partial charge in [-0.3, -0.25) is 19.1 Å². The van der Waals surface area contributed by atoms with Crippen LogP contribution in [0.3, 0.4) is 0 Å². The molecule has 8 aromatic rings. The van der Waals surface area contributed by atoms with Crippen LogP contribution in [0, 0.1) is 0 Å². The number of pyridine rings is 4. The molecular weight excluding hydrogens is 496 g/mol. The average Bonchev–Trinajstić information content (AvgIpc) is 3.47. The molecule has 0 aliphatic heterocycles. The molecule has 0 amide bonds. The zero-order valence-corrected chi connectivity index (χ0v) is 21.2. The Morgan fingerprint density at radius 1 is 0.450 bits per heavy atom. The number of fused-ring (bicyclic) bond motifs is 4. The molecule has 40 heavy (non-hydrogen) atoms. The number of para-hydroxylation sites is 2. The Labute approximate surface area is 228 Å². The van der Waals surface area contributed by atoms with Crippen LogP contribution in [0.5, 0.6) is 0 Å². The first-order valence-electron chi connectivity index (χ1n) is 12.9. The SMILES string of the molecule is Nc1c(-c2c(N)c3ccccc3n2-c2ccc3ncccc3n2)n(-c2ccc3ncccc3n2)c2ccccc12. The average molecular weight is 519 g/mol. The highest BCUT2D eigenvalue weighted by Crippen LogP contribution is 2.45. The summed E-state index contributed by atoms with van der Waals surface area (Å²) in [6, 6.07) is 31.7. The first-order chi connectivity index (χ1) is 19.7. The maximum absolute atomic E-state index is 6.99. The van der Waals surface area contributed by atoms with E-state index >= 15 is 0 Å². The summed E-state index contributed by atoms with van der Waals surface area (Å²) in [7, 11) is 0. The normalized spacial score (nSPS) is 11.7. The van der Waals surface area contributed by atoms with Gasteiger partial charge in [0.2, 0.25) is 0 Å². The van der Waals surface area contributed by atoms with Crippen LogP contribution >= 0.6 is 0 Å². The van der Waals surface area contributed by atoms with E-state index in [2.05, 4.69) is 19.1 Å². The van der Waals surface area contributed by atoms with Gasteiger partial charge in [0.05, 0.1) is 55.9 Å². The van der Waals surface area contributed by atoms with Crippen LogP contribution in [0.2, 0.25) is 0 Å². The molecule has 0 spiro atoms. The fourth-order valence-corrected chi connectivity index (χ4v) is 5.61. The summed E-state index contributed by atoms with van der Waals surface area (Å²) in [5, 5.41) is 1.83. The van der Waals surface area contributed by atoms with Gasteiger partial charge in [-0.15, -0.1) is 0 Å². The van der Waals surface area contributed by atoms with Gasteiger partial charge in [0, 0.05) is 23.2 Å². The highest BCUT2D eigenvalue weighted by Gasteiger charge is 2.27. The summed E-state index contributed by atoms with van der Waals surface area (Å²) in [5.41, 5.74) is 21.8. The summed E-state index contributed by atoms with van der Waals surface area (Å²) in [6.07, 6.45) is 3.53. The number of nitrogen functional groups attached to an aromatic ring is 2. The molecule has 0 aliphatic rings. The summed E-state index contributed by atoms with van der Waals surface area (Å²) in [5.74, 6) is 1.44. The Morgan fingerprint density at radius 3 is 1.38 bits per heavy atom. The third kappa shape index (κ3) is 3.13. The van der Waals surface area contributed by atoms with Gasteiger partial charge in [-0.1, -0.05) is 36.4 Å². The molecule has 8 heteroatoms. The molecular formula is C32H22N8. The lowest BCUT2D eigenvalue weighted by molar-refractivity contribution is 1.02. The molecule has 0 atom stereocenters. The lowest BCUT2D eigenvalue weighted by Crippen LogP contribution is -2.07. The standard InChI is InChI=1S/C32H22N8/c33-29-19-7-1-3-11-25(19)39(27-15-13-21-23(37-27)9-5-17-35-21)31(29)32-30(34)20-8-2-4-12-26(20)40(32)28-16-14-22-24(38-28)10-6-18-36-22/h1-18H,33-34H2. The highest BCUT2D eigenvalue weighted by molar-refractivity contribution is 6.09. The summed E-state index contributed by atoms with van der Waals surface area (Å²) >= 11 is 0. The Morgan fingerprint density at radius 2 is 0.900 bits per heavy atom. The van der Waals surface area contributed by atoms with E-state index < -0.39 is 0 Å². The second kappa shape index (κ2) is 8.37. The van der Waals surface area contributed by atoms with Crippen molar-refractivity contribution in [2.45, 2.75) is 0 Å². The Hall–Kier alpha value is -5.76. The molecule has 0 saturated carbocycles. The zero-order chi connectivity index (χ0) is 26.8. The van der Waals surface area contributed by atoms with Crippen LogP contribution in [0.15, 0.2) is 109 Å². The number of hydrogen-bond acceptors (Lipinski definition) is 6. The number of benzene rings is 2. The molecule has 6 heterocycles. The minimum Gasteiger partial charge on any atom is -0.396 e. The predicted octanol–water partition coefficient (Wildman–Crippen LogP) is 6.29. The Kier molecular flexibility index (Phi) is 4.66. The summed E-state index contributed by atoms with van der Waals surface area (Å²) in [6.45, 7) is 0. The third-order valence-corrected chi connectivity index (χ3v) is 7.39. The van der Waals surface area contributed by atoms with E-state index in [0.717, 1.165) is 66.9 Å². The van der Waals surface area contributed by atoms with Crippen molar-refractivity contribution in [3.8, 4) is 23.0 Å². The first-order valence-corrected chi connectivity index (χ1v) is 12.9. The summed E-state index contributed by atoms with van der Waals surface area (Å²) < 4.78 is 4.17. The van der Waals surface area contributed by atoms with Crippen molar-refractivity contribution in [3.63, 3.8) is 0 Å². The maximum Gasteiger partial charge on any atom is 0.138 e. The van der Waals surface area contributed by atoms with Crippen molar-refractivity contribution < 1.29 is 0 Å². The molecule has 0 fully saturated rings. The van der Waals surface area contributed by atoms with Crippen LogP contribution in [-0.2, 0) is 0 Å². The maximum atomic E-state index is 6.99. The van der Waals surface area contributed by atoms with Crippen LogP contribution in [0.1, 0.15) is 0 Å². The van der Waals surface area contributed by atoms with Crippen molar-refractivity contribution in [1.82, 2.24) is 29.1 Å². The van der Waals surface area contributed by atoms with Crippen molar-refractivity contribution in [2.24, 2.45) is 0 Å². The number of nitrogens with zero attached hydrogens (tertiary/aromatic N) is 6. The predicted molar refractivity (Wildman–Crippen MR) is 161 cm³/mol. The van der Waals surface area contributed by atoms with Gasteiger partial charge in [0.15, 0.2) is 0 Å². The van der Waals surface area contributed by atoms with Crippen molar-refractivity contribution in [2.75, 3.05) is 11.5 Å². The highest BCUT2D eigenvalue weighted by atomic mass is 15.1. The molecule has 0 saturated heterocycles. The van der Waals surface area contributed by atoms with Crippen LogP contribution in [0.4, 0.5) is 11.4 Å². The number of nitrogens with two attached hydrogens (primary N) is 2. The van der Waals surface area contributed by atoms with Crippen molar-refractivity contribution in [1.29, 1.82) is 0 Å². The number of aromatic nitrogens is 6. The Bertz CT molecular complexity index is 2100. The smallest absolute Gasteiger partial charge is 0.138 e. The molecule has 4 N–H and O–H groups in total. The van der Waals surface area contributed by atoms with Crippen LogP contribution in [0.25, 0.3) is 66.9 Å². The van der Waals surface area contributed by atoms with E-state index in [1.165, 1.54) is 0 Å². The second-order valence-corrected chi connectivity index (χ2v) is 9.65. The Balaban J connectivity index is 1.52. The van der Waals surface area contributed by atoms with Gasteiger partial charge in [-0.05, 0) is 60.7 Å². The minimum absolute atomic E-state index is 0.613. The van der Waals surface area contributed by atoms with Crippen LogP contribution < -0.4 is 11.5 Å². The van der Waals surface area contributed by atoms with Crippen molar-refractivity contribution in [3.05, 3.63) is 109 Å². The van der Waals surface area contributed by atoms with Gasteiger partial charge < -0.3 is 11.5 Å². The fraction of sp³-hybridized carbons (Fsp3) is 0. The largest absolute Gasteiger partial charge is 0.396 e. The van der Waals surface area contributed by atoms with Gasteiger partial charge in [0.1, 0.15) is 11.6 Å². The fourth-order valence-electron chi connectivity index (χ4n) is 5.61. The second-order valence-electron chi connectivity index (χ2n) is 9.65. The molecule has 2 aromatic carbocycles. The number of rotatable bonds is 3. The lowest BCUT2D eigenvalue weighted by atomic mass is 10.1. The monoisotopic (exact) mass is 518 g/mol. The molecule has 8 nitrogen and oxygen atoms in total. The van der Waals surface area contributed by atoms with Gasteiger partial charge in [-0.2, -0.15) is 0 Å². The third-order valence-electron chi connectivity index (χ3n) is 7.39. The van der Waals surface area contributed by atoms with E-state index in [4.69, 9.17) is 21.4 Å². The van der Waals surface area contributed by atoms with E-state index in [9.17, 15) is 0 Å². The van der Waals surface area contributed by atoms with Gasteiger partial charge in [0.25, 0.3) is 0 Å². The van der Waals surface area contributed by atoms with E-state index in [-0.39, 0.29) is 0 Å². The number of hydrogen-bond donors (Lipinski definition) is 2. The zero-order valence-electron chi connectivity index (χ0n) is 21.2. The van der Waals surface area contributed by atoms with E-state index in [1.54, 1.807) is 12.4 Å². The quantitative estimate of drug-likeness (QED) is 0.284. The molecule has 0 unspecified atom stereocenters. The topological polar surface area (TPSA) is 113 Å². The van der Waals surface area contributed by atoms with E-state index in [0.29, 0.717) is 11.4 Å². The van der Waals surface area contributed by atoms with E-state index in [1.807, 2.05) is 97.1 Å². The molecule has 0 aliphatic carbocycles. The molecule has 190 valence electrons. The number of anilines is 2. The van der Waals surface area contributed by atoms with Gasteiger partial charge in [-0.25, -0.2) is 9.97 Å². The summed E-state index contributed by atoms with van der Waals surface area (Å²) in [4.78, 5) is 18.9.